The first-order chi connectivity index (χ1) is 15.3. The van der Waals surface area contributed by atoms with Crippen LogP contribution >= 0.6 is 24.0 Å². The molecule has 1 aromatic carbocycles. The maximum atomic E-state index is 4.91. The molecule has 0 spiro atoms. The largest absolute Gasteiger partial charge is 0.357 e. The number of benzene rings is 1. The number of aromatic nitrogens is 2. The van der Waals surface area contributed by atoms with Crippen LogP contribution < -0.4 is 15.5 Å². The first-order valence-corrected chi connectivity index (χ1v) is 11.6. The van der Waals surface area contributed by atoms with Gasteiger partial charge in [0.05, 0.1) is 6.54 Å². The Hall–Kier alpha value is -1.94. The molecule has 0 bridgehead atoms. The summed E-state index contributed by atoms with van der Waals surface area (Å²) >= 11 is 0. The molecule has 32 heavy (non-hydrogen) atoms. The molecule has 1 saturated carbocycles. The van der Waals surface area contributed by atoms with Gasteiger partial charge in [0.1, 0.15) is 0 Å². The van der Waals surface area contributed by atoms with Gasteiger partial charge in [0, 0.05) is 57.1 Å². The molecule has 4 rings (SSSR count). The highest BCUT2D eigenvalue weighted by molar-refractivity contribution is 14.0. The van der Waals surface area contributed by atoms with E-state index in [9.17, 15) is 0 Å². The molecule has 0 atom stereocenters. The summed E-state index contributed by atoms with van der Waals surface area (Å²) < 4.78 is 0. The number of hydrogen-bond acceptors (Lipinski definition) is 5. The molecule has 1 saturated heterocycles. The number of hydrogen-bond donors (Lipinski definition) is 2. The smallest absolute Gasteiger partial charge is 0.225 e. The van der Waals surface area contributed by atoms with Crippen LogP contribution in [0.3, 0.4) is 0 Å². The topological polar surface area (TPSA) is 68.7 Å². The van der Waals surface area contributed by atoms with E-state index < -0.39 is 0 Å². The number of nitrogens with zero attached hydrogens (tertiary/aromatic N) is 5. The summed E-state index contributed by atoms with van der Waals surface area (Å²) in [6, 6.07) is 12.7. The molecule has 1 aromatic heterocycles. The van der Waals surface area contributed by atoms with E-state index in [1.54, 1.807) is 0 Å². The summed E-state index contributed by atoms with van der Waals surface area (Å²) in [6.07, 6.45) is 7.21. The monoisotopic (exact) mass is 549 g/mol. The van der Waals surface area contributed by atoms with E-state index in [1.165, 1.54) is 18.4 Å². The number of rotatable bonds is 9. The molecule has 2 fully saturated rings. The van der Waals surface area contributed by atoms with Crippen LogP contribution in [0.5, 0.6) is 0 Å². The third-order valence-corrected chi connectivity index (χ3v) is 6.27. The van der Waals surface area contributed by atoms with E-state index in [0.717, 1.165) is 70.7 Å². The van der Waals surface area contributed by atoms with Crippen molar-refractivity contribution in [1.82, 2.24) is 25.5 Å². The molecule has 7 nitrogen and oxygen atoms in total. The number of nitrogens with one attached hydrogen (secondary N) is 2. The highest BCUT2D eigenvalue weighted by atomic mass is 127. The molecule has 0 amide bonds. The lowest BCUT2D eigenvalue weighted by Gasteiger charge is -2.34. The van der Waals surface area contributed by atoms with Crippen LogP contribution in [-0.2, 0) is 5.41 Å². The molecule has 1 aliphatic carbocycles. The maximum Gasteiger partial charge on any atom is 0.225 e. The summed E-state index contributed by atoms with van der Waals surface area (Å²) in [7, 11) is 0. The van der Waals surface area contributed by atoms with Crippen molar-refractivity contribution < 1.29 is 0 Å². The zero-order valence-corrected chi connectivity index (χ0v) is 21.4. The van der Waals surface area contributed by atoms with E-state index in [4.69, 9.17) is 4.99 Å². The Morgan fingerprint density at radius 3 is 2.38 bits per heavy atom. The van der Waals surface area contributed by atoms with E-state index in [2.05, 4.69) is 67.7 Å². The van der Waals surface area contributed by atoms with Gasteiger partial charge in [0.25, 0.3) is 0 Å². The standard InChI is InChI=1S/C24H35N7.HI/c1-2-25-22(29-20-24(10-11-24)21-8-4-3-5-9-21)26-14-7-15-30-16-18-31(19-17-30)23-27-12-6-13-28-23;/h3-6,8-9,12-13H,2,7,10-11,14-20H2,1H3,(H2,25,26,29);1H. The van der Waals surface area contributed by atoms with Crippen molar-refractivity contribution >= 4 is 35.9 Å². The quantitative estimate of drug-likeness (QED) is 0.217. The highest BCUT2D eigenvalue weighted by Crippen LogP contribution is 2.48. The average molecular weight is 550 g/mol. The van der Waals surface area contributed by atoms with Gasteiger partial charge in [-0.2, -0.15) is 0 Å². The predicted molar refractivity (Wildman–Crippen MR) is 142 cm³/mol. The van der Waals surface area contributed by atoms with Crippen LogP contribution in [-0.4, -0.2) is 73.2 Å². The Labute approximate surface area is 209 Å². The molecule has 8 heteroatoms. The van der Waals surface area contributed by atoms with Gasteiger partial charge in [-0.1, -0.05) is 30.3 Å². The Morgan fingerprint density at radius 1 is 1.00 bits per heavy atom. The van der Waals surface area contributed by atoms with Crippen LogP contribution in [0.25, 0.3) is 0 Å². The van der Waals surface area contributed by atoms with Crippen LogP contribution in [0.15, 0.2) is 53.8 Å². The number of guanidine groups is 1. The van der Waals surface area contributed by atoms with Crippen molar-refractivity contribution in [2.45, 2.75) is 31.6 Å². The second-order valence-electron chi connectivity index (χ2n) is 8.50. The second-order valence-corrected chi connectivity index (χ2v) is 8.50. The summed E-state index contributed by atoms with van der Waals surface area (Å²) in [5, 5.41) is 6.93. The zero-order chi connectivity index (χ0) is 21.4. The SMILES string of the molecule is CCNC(=NCC1(c2ccccc2)CC1)NCCCN1CCN(c2ncccn2)CC1.I. The van der Waals surface area contributed by atoms with Gasteiger partial charge in [-0.15, -0.1) is 24.0 Å². The van der Waals surface area contributed by atoms with Crippen molar-refractivity contribution in [2.24, 2.45) is 4.99 Å². The minimum absolute atomic E-state index is 0. The molecular weight excluding hydrogens is 513 g/mol. The lowest BCUT2D eigenvalue weighted by molar-refractivity contribution is 0.254. The predicted octanol–water partition coefficient (Wildman–Crippen LogP) is 2.89. The van der Waals surface area contributed by atoms with E-state index in [1.807, 2.05) is 18.5 Å². The molecule has 174 valence electrons. The summed E-state index contributed by atoms with van der Waals surface area (Å²) in [5.74, 6) is 1.79. The van der Waals surface area contributed by atoms with E-state index >= 15 is 0 Å². The Balaban J connectivity index is 0.00000289. The van der Waals surface area contributed by atoms with Gasteiger partial charge in [-0.05, 0) is 44.4 Å². The van der Waals surface area contributed by atoms with Gasteiger partial charge in [0.15, 0.2) is 5.96 Å². The fourth-order valence-corrected chi connectivity index (χ4v) is 4.19. The highest BCUT2D eigenvalue weighted by Gasteiger charge is 2.43. The van der Waals surface area contributed by atoms with E-state index in [0.29, 0.717) is 0 Å². The van der Waals surface area contributed by atoms with Crippen LogP contribution in [0.1, 0.15) is 31.7 Å². The summed E-state index contributed by atoms with van der Waals surface area (Å²) in [6.45, 7) is 10.0. The van der Waals surface area contributed by atoms with Gasteiger partial charge in [0.2, 0.25) is 5.95 Å². The van der Waals surface area contributed by atoms with E-state index in [-0.39, 0.29) is 29.4 Å². The van der Waals surface area contributed by atoms with Gasteiger partial charge < -0.3 is 15.5 Å². The maximum absolute atomic E-state index is 4.91. The molecule has 0 radical (unpaired) electrons. The van der Waals surface area contributed by atoms with Crippen LogP contribution in [0.2, 0.25) is 0 Å². The van der Waals surface area contributed by atoms with Crippen molar-refractivity contribution in [3.8, 4) is 0 Å². The van der Waals surface area contributed by atoms with Gasteiger partial charge >= 0.3 is 0 Å². The average Bonchev–Trinajstić information content (AvgIpc) is 3.63. The first-order valence-electron chi connectivity index (χ1n) is 11.6. The Kier molecular flexibility index (Phi) is 9.52. The molecule has 0 unspecified atom stereocenters. The van der Waals surface area contributed by atoms with Crippen molar-refractivity contribution in [2.75, 3.05) is 57.3 Å². The fourth-order valence-electron chi connectivity index (χ4n) is 4.19. The number of aliphatic imine (C=N–C) groups is 1. The number of anilines is 1. The normalized spacial score (nSPS) is 18.0. The lowest BCUT2D eigenvalue weighted by atomic mass is 9.96. The third kappa shape index (κ3) is 6.78. The molecule has 2 N–H and O–H groups in total. The van der Waals surface area contributed by atoms with Gasteiger partial charge in [-0.3, -0.25) is 9.89 Å². The summed E-state index contributed by atoms with van der Waals surface area (Å²) in [4.78, 5) is 18.4. The number of halogens is 1. The fraction of sp³-hybridized carbons (Fsp3) is 0.542. The third-order valence-electron chi connectivity index (χ3n) is 6.27. The second kappa shape index (κ2) is 12.3. The van der Waals surface area contributed by atoms with Gasteiger partial charge in [-0.25, -0.2) is 9.97 Å². The molecular formula is C24H36IN7. The Bertz CT molecular complexity index is 819. The Morgan fingerprint density at radius 2 is 1.72 bits per heavy atom. The summed E-state index contributed by atoms with van der Waals surface area (Å²) in [5.41, 5.74) is 1.68. The number of piperazine rings is 1. The van der Waals surface area contributed by atoms with Crippen LogP contribution in [0, 0.1) is 0 Å². The minimum Gasteiger partial charge on any atom is -0.357 e. The zero-order valence-electron chi connectivity index (χ0n) is 19.0. The van der Waals surface area contributed by atoms with Crippen molar-refractivity contribution in [1.29, 1.82) is 0 Å². The lowest BCUT2D eigenvalue weighted by Crippen LogP contribution is -2.47. The van der Waals surface area contributed by atoms with Crippen molar-refractivity contribution in [3.05, 3.63) is 54.4 Å². The van der Waals surface area contributed by atoms with Crippen molar-refractivity contribution in [3.63, 3.8) is 0 Å². The van der Waals surface area contributed by atoms with Crippen LogP contribution in [0.4, 0.5) is 5.95 Å². The minimum atomic E-state index is 0. The molecule has 1 aliphatic heterocycles. The molecule has 2 heterocycles. The first kappa shape index (κ1) is 24.7. The molecule has 2 aromatic rings. The molecule has 2 aliphatic rings.